The van der Waals surface area contributed by atoms with Gasteiger partial charge in [0.25, 0.3) is 0 Å². The Hall–Kier alpha value is -5.19. The van der Waals surface area contributed by atoms with Gasteiger partial charge in [0.05, 0.1) is 18.8 Å². The van der Waals surface area contributed by atoms with Gasteiger partial charge in [0.15, 0.2) is 5.96 Å². The molecule has 13 N–H and O–H groups in total. The average Bonchev–Trinajstić information content (AvgIpc) is 3.43. The van der Waals surface area contributed by atoms with Gasteiger partial charge in [0, 0.05) is 31.3 Å². The lowest BCUT2D eigenvalue weighted by Crippen LogP contribution is -2.57. The number of guanidine groups is 1. The third-order valence-corrected chi connectivity index (χ3v) is 5.91. The Morgan fingerprint density at radius 2 is 1.52 bits per heavy atom. The van der Waals surface area contributed by atoms with Crippen molar-refractivity contribution in [2.24, 2.45) is 22.2 Å². The molecule has 0 fully saturated rings. The molecule has 3 amide bonds. The van der Waals surface area contributed by atoms with E-state index in [0.717, 1.165) is 0 Å². The van der Waals surface area contributed by atoms with Crippen molar-refractivity contribution in [3.63, 3.8) is 0 Å². The average molecular weight is 590 g/mol. The number of aromatic hydroxyl groups is 1. The Bertz CT molecular complexity index is 1250. The van der Waals surface area contributed by atoms with Crippen LogP contribution in [0.15, 0.2) is 41.8 Å². The van der Waals surface area contributed by atoms with Gasteiger partial charge in [-0.1, -0.05) is 12.1 Å². The molecule has 42 heavy (non-hydrogen) atoms. The highest BCUT2D eigenvalue weighted by Crippen LogP contribution is 2.12. The number of hydrogen-bond donors (Lipinski definition) is 10. The number of nitrogens with zero attached hydrogens (tertiary/aromatic N) is 2. The zero-order chi connectivity index (χ0) is 31.2. The summed E-state index contributed by atoms with van der Waals surface area (Å²) in [4.78, 5) is 72.7. The van der Waals surface area contributed by atoms with E-state index in [2.05, 4.69) is 30.9 Å². The number of carbonyl (C=O) groups excluding carboxylic acids is 3. The van der Waals surface area contributed by atoms with Gasteiger partial charge in [-0.2, -0.15) is 0 Å². The number of carbonyl (C=O) groups is 5. The Labute approximate surface area is 240 Å². The second-order valence-corrected chi connectivity index (χ2v) is 9.33. The molecule has 0 aliphatic carbocycles. The maximum absolute atomic E-state index is 13.2. The predicted molar refractivity (Wildman–Crippen MR) is 148 cm³/mol. The van der Waals surface area contributed by atoms with Crippen LogP contribution in [0.5, 0.6) is 5.75 Å². The van der Waals surface area contributed by atoms with Gasteiger partial charge in [-0.05, 0) is 30.5 Å². The SMILES string of the molecule is NC(N)=NCCCC(NC(=O)C(CC(=O)O)NC(=O)C(N)Cc1cnc[nH]1)C(=O)NC(Cc1ccc(O)cc1)C(=O)O. The Morgan fingerprint density at radius 3 is 2.10 bits per heavy atom. The number of hydrogen-bond acceptors (Lipinski definition) is 9. The van der Waals surface area contributed by atoms with Crippen molar-refractivity contribution in [2.45, 2.75) is 56.3 Å². The number of phenolic OH excluding ortho intramolecular Hbond substituents is 1. The molecule has 17 nitrogen and oxygen atoms in total. The number of imidazole rings is 1. The van der Waals surface area contributed by atoms with Gasteiger partial charge in [0.1, 0.15) is 23.9 Å². The third kappa shape index (κ3) is 11.5. The molecule has 0 aliphatic heterocycles. The van der Waals surface area contributed by atoms with E-state index < -0.39 is 60.2 Å². The predicted octanol–water partition coefficient (Wildman–Crippen LogP) is -2.70. The summed E-state index contributed by atoms with van der Waals surface area (Å²) < 4.78 is 0. The van der Waals surface area contributed by atoms with Crippen LogP contribution in [-0.2, 0) is 36.8 Å². The smallest absolute Gasteiger partial charge is 0.326 e. The van der Waals surface area contributed by atoms with E-state index in [0.29, 0.717) is 11.3 Å². The number of nitrogens with two attached hydrogens (primary N) is 3. The summed E-state index contributed by atoms with van der Waals surface area (Å²) in [6.07, 6.45) is 2.02. The Balaban J connectivity index is 2.17. The van der Waals surface area contributed by atoms with Crippen molar-refractivity contribution in [3.05, 3.63) is 48.0 Å². The lowest BCUT2D eigenvalue weighted by atomic mass is 10.0. The van der Waals surface area contributed by atoms with Crippen molar-refractivity contribution >= 4 is 35.6 Å². The van der Waals surface area contributed by atoms with Crippen molar-refractivity contribution < 1.29 is 39.3 Å². The minimum Gasteiger partial charge on any atom is -0.508 e. The quantitative estimate of drug-likeness (QED) is 0.0512. The fraction of sp³-hybridized carbons (Fsp3) is 0.400. The number of phenols is 1. The third-order valence-electron chi connectivity index (χ3n) is 5.91. The van der Waals surface area contributed by atoms with Gasteiger partial charge >= 0.3 is 11.9 Å². The number of rotatable bonds is 17. The van der Waals surface area contributed by atoms with E-state index in [1.54, 1.807) is 0 Å². The molecule has 0 aliphatic rings. The maximum atomic E-state index is 13.2. The molecule has 2 aromatic rings. The van der Waals surface area contributed by atoms with Crippen LogP contribution in [0.25, 0.3) is 0 Å². The number of H-pyrrole nitrogens is 1. The number of aliphatic imine (C=N–C) groups is 1. The zero-order valence-electron chi connectivity index (χ0n) is 22.5. The molecule has 1 aromatic heterocycles. The number of aromatic amines is 1. The Morgan fingerprint density at radius 1 is 0.905 bits per heavy atom. The normalized spacial score (nSPS) is 13.5. The van der Waals surface area contributed by atoms with E-state index in [1.807, 2.05) is 0 Å². The first-order valence-electron chi connectivity index (χ1n) is 12.8. The number of amides is 3. The van der Waals surface area contributed by atoms with E-state index in [9.17, 15) is 39.3 Å². The standard InChI is InChI=1S/C25H35N9O8/c26-16(9-14-11-29-12-31-14)21(38)33-18(10-20(36)37)23(40)32-17(2-1-7-30-25(27)28)22(39)34-19(24(41)42)8-13-3-5-15(35)6-4-13/h3-6,11-12,16-19,35H,1-2,7-10,26H2,(H,29,31)(H,32,40)(H,33,38)(H,34,39)(H,36,37)(H,41,42)(H4,27,28,30). The number of carboxylic acids is 2. The van der Waals surface area contributed by atoms with Gasteiger partial charge in [-0.15, -0.1) is 0 Å². The van der Waals surface area contributed by atoms with Crippen LogP contribution in [0.3, 0.4) is 0 Å². The second-order valence-electron chi connectivity index (χ2n) is 9.33. The molecule has 0 spiro atoms. The highest BCUT2D eigenvalue weighted by Gasteiger charge is 2.31. The van der Waals surface area contributed by atoms with E-state index in [4.69, 9.17) is 17.2 Å². The van der Waals surface area contributed by atoms with Crippen molar-refractivity contribution in [2.75, 3.05) is 6.54 Å². The molecule has 0 saturated carbocycles. The van der Waals surface area contributed by atoms with Crippen molar-refractivity contribution in [1.82, 2.24) is 25.9 Å². The number of aliphatic carboxylic acids is 2. The fourth-order valence-corrected chi connectivity index (χ4v) is 3.77. The molecule has 1 heterocycles. The van der Waals surface area contributed by atoms with Crippen LogP contribution >= 0.6 is 0 Å². The topological polar surface area (TPSA) is 301 Å². The zero-order valence-corrected chi connectivity index (χ0v) is 22.5. The highest BCUT2D eigenvalue weighted by molar-refractivity contribution is 5.95. The summed E-state index contributed by atoms with van der Waals surface area (Å²) in [5, 5.41) is 35.5. The summed E-state index contributed by atoms with van der Waals surface area (Å²) in [6.45, 7) is 0.0790. The number of carboxylic acid groups (broad SMARTS) is 2. The molecule has 2 rings (SSSR count). The van der Waals surface area contributed by atoms with Crippen LogP contribution in [0.1, 0.15) is 30.5 Å². The molecule has 4 atom stereocenters. The second kappa shape index (κ2) is 16.2. The summed E-state index contributed by atoms with van der Waals surface area (Å²) in [7, 11) is 0. The molecule has 0 bridgehead atoms. The van der Waals surface area contributed by atoms with Gasteiger partial charge in [-0.3, -0.25) is 24.2 Å². The van der Waals surface area contributed by atoms with Gasteiger partial charge in [0.2, 0.25) is 17.7 Å². The Kier molecular flexibility index (Phi) is 12.7. The molecule has 228 valence electrons. The van der Waals surface area contributed by atoms with E-state index in [1.165, 1.54) is 36.8 Å². The lowest BCUT2D eigenvalue weighted by molar-refractivity contribution is -0.143. The van der Waals surface area contributed by atoms with Crippen LogP contribution < -0.4 is 33.2 Å². The van der Waals surface area contributed by atoms with Crippen LogP contribution in [0.2, 0.25) is 0 Å². The molecule has 4 unspecified atom stereocenters. The molecule has 1 aromatic carbocycles. The number of benzene rings is 1. The highest BCUT2D eigenvalue weighted by atomic mass is 16.4. The fourth-order valence-electron chi connectivity index (χ4n) is 3.77. The lowest BCUT2D eigenvalue weighted by Gasteiger charge is -2.24. The number of nitrogens with one attached hydrogen (secondary N) is 4. The minimum absolute atomic E-state index is 0.0246. The van der Waals surface area contributed by atoms with Crippen LogP contribution in [0.4, 0.5) is 0 Å². The monoisotopic (exact) mass is 589 g/mol. The first-order chi connectivity index (χ1) is 19.8. The van der Waals surface area contributed by atoms with Crippen molar-refractivity contribution in [3.8, 4) is 5.75 Å². The molecule has 17 heteroatoms. The van der Waals surface area contributed by atoms with E-state index in [-0.39, 0.29) is 43.9 Å². The van der Waals surface area contributed by atoms with Crippen LogP contribution in [-0.4, -0.2) is 91.6 Å². The first kappa shape index (κ1) is 33.0. The minimum atomic E-state index is -1.61. The summed E-state index contributed by atoms with van der Waals surface area (Å²) >= 11 is 0. The summed E-state index contributed by atoms with van der Waals surface area (Å²) in [6, 6.07) is 0.188. The summed E-state index contributed by atoms with van der Waals surface area (Å²) in [5.41, 5.74) is 17.6. The van der Waals surface area contributed by atoms with Crippen molar-refractivity contribution in [1.29, 1.82) is 0 Å². The maximum Gasteiger partial charge on any atom is 0.326 e. The summed E-state index contributed by atoms with van der Waals surface area (Å²) in [5.74, 6) is -5.70. The molecular formula is C25H35N9O8. The molecule has 0 radical (unpaired) electrons. The van der Waals surface area contributed by atoms with Crippen LogP contribution in [0, 0.1) is 0 Å². The van der Waals surface area contributed by atoms with Gasteiger partial charge < -0.3 is 53.5 Å². The van der Waals surface area contributed by atoms with Gasteiger partial charge in [-0.25, -0.2) is 9.78 Å². The molecular weight excluding hydrogens is 554 g/mol. The van der Waals surface area contributed by atoms with E-state index >= 15 is 0 Å². The number of aromatic nitrogens is 2. The molecule has 0 saturated heterocycles. The largest absolute Gasteiger partial charge is 0.508 e. The first-order valence-corrected chi connectivity index (χ1v) is 12.8.